The van der Waals surface area contributed by atoms with E-state index < -0.39 is 0 Å². The molecule has 1 atom stereocenters. The van der Waals surface area contributed by atoms with Gasteiger partial charge in [0.15, 0.2) is 0 Å². The SMILES string of the molecule is CCN(CC1CCCO1)c1nc(Cl)nc(N(C)C)n1. The van der Waals surface area contributed by atoms with Crippen LogP contribution in [0.3, 0.4) is 0 Å². The summed E-state index contributed by atoms with van der Waals surface area (Å²) >= 11 is 5.96. The molecule has 1 aromatic rings. The summed E-state index contributed by atoms with van der Waals surface area (Å²) < 4.78 is 5.66. The van der Waals surface area contributed by atoms with E-state index in [-0.39, 0.29) is 11.4 Å². The van der Waals surface area contributed by atoms with Crippen molar-refractivity contribution < 1.29 is 4.74 Å². The lowest BCUT2D eigenvalue weighted by molar-refractivity contribution is 0.115. The second-order valence-corrected chi connectivity index (χ2v) is 5.11. The van der Waals surface area contributed by atoms with Crippen LogP contribution < -0.4 is 9.80 Å². The van der Waals surface area contributed by atoms with Gasteiger partial charge in [-0.3, -0.25) is 0 Å². The Kier molecular flexibility index (Phi) is 4.76. The normalized spacial score (nSPS) is 18.6. The Bertz CT molecular complexity index is 423. The molecule has 0 aromatic carbocycles. The summed E-state index contributed by atoms with van der Waals surface area (Å²) in [6, 6.07) is 0. The van der Waals surface area contributed by atoms with Crippen LogP contribution >= 0.6 is 11.6 Å². The van der Waals surface area contributed by atoms with Crippen molar-refractivity contribution in [3.8, 4) is 0 Å². The van der Waals surface area contributed by atoms with Gasteiger partial charge in [-0.05, 0) is 31.4 Å². The first kappa shape index (κ1) is 14.3. The highest BCUT2D eigenvalue weighted by atomic mass is 35.5. The van der Waals surface area contributed by atoms with E-state index in [4.69, 9.17) is 16.3 Å². The van der Waals surface area contributed by atoms with Gasteiger partial charge in [0, 0.05) is 33.8 Å². The number of ether oxygens (including phenoxy) is 1. The molecule has 0 amide bonds. The van der Waals surface area contributed by atoms with Gasteiger partial charge in [0.05, 0.1) is 6.10 Å². The Balaban J connectivity index is 2.16. The monoisotopic (exact) mass is 285 g/mol. The third-order valence-corrected chi connectivity index (χ3v) is 3.27. The van der Waals surface area contributed by atoms with E-state index in [9.17, 15) is 0 Å². The van der Waals surface area contributed by atoms with Crippen LogP contribution in [0, 0.1) is 0 Å². The van der Waals surface area contributed by atoms with Crippen molar-refractivity contribution in [3.63, 3.8) is 0 Å². The maximum absolute atomic E-state index is 5.96. The Labute approximate surface area is 118 Å². The molecular formula is C12H20ClN5O. The Morgan fingerprint density at radius 1 is 1.26 bits per heavy atom. The summed E-state index contributed by atoms with van der Waals surface area (Å²) in [4.78, 5) is 16.6. The van der Waals surface area contributed by atoms with E-state index in [0.29, 0.717) is 11.9 Å². The zero-order chi connectivity index (χ0) is 13.8. The number of rotatable bonds is 5. The number of hydrogen-bond acceptors (Lipinski definition) is 6. The maximum atomic E-state index is 5.96. The highest BCUT2D eigenvalue weighted by Gasteiger charge is 2.21. The van der Waals surface area contributed by atoms with Crippen LogP contribution in [0.2, 0.25) is 5.28 Å². The molecule has 0 aliphatic carbocycles. The van der Waals surface area contributed by atoms with E-state index in [1.165, 1.54) is 0 Å². The van der Waals surface area contributed by atoms with Crippen molar-refractivity contribution in [3.05, 3.63) is 5.28 Å². The number of anilines is 2. The molecule has 6 nitrogen and oxygen atoms in total. The number of aromatic nitrogens is 3. The largest absolute Gasteiger partial charge is 0.376 e. The summed E-state index contributed by atoms with van der Waals surface area (Å²) in [7, 11) is 3.76. The average Bonchev–Trinajstić information content (AvgIpc) is 2.88. The van der Waals surface area contributed by atoms with Gasteiger partial charge in [0.1, 0.15) is 0 Å². The van der Waals surface area contributed by atoms with Crippen LogP contribution in [-0.2, 0) is 4.74 Å². The summed E-state index contributed by atoms with van der Waals surface area (Å²) in [5, 5.41) is 0.222. The smallest absolute Gasteiger partial charge is 0.231 e. The third-order valence-electron chi connectivity index (χ3n) is 3.10. The lowest BCUT2D eigenvalue weighted by Gasteiger charge is -2.24. The van der Waals surface area contributed by atoms with E-state index in [0.717, 1.165) is 32.5 Å². The maximum Gasteiger partial charge on any atom is 0.231 e. The van der Waals surface area contributed by atoms with E-state index in [1.807, 2.05) is 19.0 Å². The van der Waals surface area contributed by atoms with Crippen LogP contribution in [0.1, 0.15) is 19.8 Å². The number of halogens is 1. The predicted molar refractivity (Wildman–Crippen MR) is 76.0 cm³/mol. The fourth-order valence-corrected chi connectivity index (χ4v) is 2.21. The summed E-state index contributed by atoms with van der Waals surface area (Å²) in [6.45, 7) is 4.53. The third kappa shape index (κ3) is 3.67. The van der Waals surface area contributed by atoms with Crippen LogP contribution in [0.4, 0.5) is 11.9 Å². The van der Waals surface area contributed by atoms with Crippen molar-refractivity contribution in [2.45, 2.75) is 25.9 Å². The molecule has 1 aliphatic heterocycles. The van der Waals surface area contributed by atoms with Crippen molar-refractivity contribution in [2.75, 3.05) is 43.6 Å². The van der Waals surface area contributed by atoms with E-state index >= 15 is 0 Å². The summed E-state index contributed by atoms with van der Waals surface area (Å²) in [6.07, 6.45) is 2.48. The van der Waals surface area contributed by atoms with Gasteiger partial charge in [0.25, 0.3) is 0 Å². The molecule has 19 heavy (non-hydrogen) atoms. The van der Waals surface area contributed by atoms with E-state index in [2.05, 4.69) is 26.8 Å². The van der Waals surface area contributed by atoms with Crippen LogP contribution in [0.15, 0.2) is 0 Å². The molecule has 0 saturated carbocycles. The first-order chi connectivity index (χ1) is 9.10. The molecule has 0 spiro atoms. The molecule has 1 saturated heterocycles. The highest BCUT2D eigenvalue weighted by Crippen LogP contribution is 2.19. The van der Waals surface area contributed by atoms with Gasteiger partial charge in [-0.2, -0.15) is 15.0 Å². The molecule has 7 heteroatoms. The molecule has 2 heterocycles. The minimum absolute atomic E-state index is 0.222. The van der Waals surface area contributed by atoms with Crippen molar-refractivity contribution in [1.82, 2.24) is 15.0 Å². The second kappa shape index (κ2) is 6.34. The number of hydrogen-bond donors (Lipinski definition) is 0. The molecule has 1 fully saturated rings. The molecule has 0 bridgehead atoms. The fourth-order valence-electron chi connectivity index (χ4n) is 2.06. The summed E-state index contributed by atoms with van der Waals surface area (Å²) in [5.74, 6) is 1.18. The summed E-state index contributed by atoms with van der Waals surface area (Å²) in [5.41, 5.74) is 0. The molecule has 1 aliphatic rings. The minimum atomic E-state index is 0.222. The van der Waals surface area contributed by atoms with Crippen molar-refractivity contribution in [1.29, 1.82) is 0 Å². The van der Waals surface area contributed by atoms with Gasteiger partial charge < -0.3 is 14.5 Å². The van der Waals surface area contributed by atoms with Gasteiger partial charge in [-0.1, -0.05) is 0 Å². The van der Waals surface area contributed by atoms with Crippen molar-refractivity contribution >= 4 is 23.5 Å². The standard InChI is InChI=1S/C12H20ClN5O/c1-4-18(8-9-6-5-7-19-9)12-15-10(13)14-11(16-12)17(2)3/h9H,4-8H2,1-3H3. The van der Waals surface area contributed by atoms with Crippen LogP contribution in [-0.4, -0.2) is 54.8 Å². The molecule has 2 rings (SSSR count). The van der Waals surface area contributed by atoms with Gasteiger partial charge in [-0.15, -0.1) is 0 Å². The zero-order valence-electron chi connectivity index (χ0n) is 11.6. The molecule has 106 valence electrons. The molecule has 1 aromatic heterocycles. The molecular weight excluding hydrogens is 266 g/mol. The average molecular weight is 286 g/mol. The second-order valence-electron chi connectivity index (χ2n) is 4.77. The lowest BCUT2D eigenvalue weighted by Crippen LogP contribution is -2.33. The molecule has 1 unspecified atom stereocenters. The molecule has 0 N–H and O–H groups in total. The van der Waals surface area contributed by atoms with Gasteiger partial charge in [0.2, 0.25) is 17.2 Å². The first-order valence-electron chi connectivity index (χ1n) is 6.55. The van der Waals surface area contributed by atoms with E-state index in [1.54, 1.807) is 0 Å². The van der Waals surface area contributed by atoms with Gasteiger partial charge >= 0.3 is 0 Å². The lowest BCUT2D eigenvalue weighted by atomic mass is 10.2. The van der Waals surface area contributed by atoms with Crippen molar-refractivity contribution in [2.24, 2.45) is 0 Å². The highest BCUT2D eigenvalue weighted by molar-refractivity contribution is 6.28. The number of nitrogens with zero attached hydrogens (tertiary/aromatic N) is 5. The fraction of sp³-hybridized carbons (Fsp3) is 0.750. The van der Waals surface area contributed by atoms with Crippen LogP contribution in [0.25, 0.3) is 0 Å². The Morgan fingerprint density at radius 3 is 2.58 bits per heavy atom. The topological polar surface area (TPSA) is 54.4 Å². The Hall–Kier alpha value is -1.14. The molecule has 0 radical (unpaired) electrons. The quantitative estimate of drug-likeness (QED) is 0.819. The Morgan fingerprint density at radius 2 is 2.00 bits per heavy atom. The number of likely N-dealkylation sites (N-methyl/N-ethyl adjacent to an activating group) is 1. The predicted octanol–water partition coefficient (Wildman–Crippen LogP) is 1.60. The first-order valence-corrected chi connectivity index (χ1v) is 6.93. The van der Waals surface area contributed by atoms with Crippen LogP contribution in [0.5, 0.6) is 0 Å². The minimum Gasteiger partial charge on any atom is -0.376 e. The zero-order valence-corrected chi connectivity index (χ0v) is 12.4. The van der Waals surface area contributed by atoms with Gasteiger partial charge in [-0.25, -0.2) is 0 Å².